The molecule has 0 aromatic heterocycles. The number of allylic oxidation sites excluding steroid dienone is 1. The average Bonchev–Trinajstić information content (AvgIpc) is 1.85. The summed E-state index contributed by atoms with van der Waals surface area (Å²) in [5.74, 6) is 0.564. The second-order valence-electron chi connectivity index (χ2n) is 1.32. The fraction of sp³-hybridized carbons (Fsp3) is 0.333. The molecule has 0 aliphatic carbocycles. The van der Waals surface area contributed by atoms with Crippen molar-refractivity contribution in [2.45, 2.75) is 6.92 Å². The molecule has 0 rings (SSSR count). The highest BCUT2D eigenvalue weighted by molar-refractivity contribution is 8.73. The van der Waals surface area contributed by atoms with Gasteiger partial charge >= 0.3 is 0 Å². The van der Waals surface area contributed by atoms with E-state index < -0.39 is 10.2 Å². The maximum absolute atomic E-state index is 10.8. The zero-order valence-electron chi connectivity index (χ0n) is 5.37. The molecule has 0 N–H and O–H groups in total. The zero-order chi connectivity index (χ0) is 7.11. The van der Waals surface area contributed by atoms with Gasteiger partial charge in [-0.3, -0.25) is 0 Å². The number of hydrogen-bond acceptors (Lipinski definition) is 2. The van der Waals surface area contributed by atoms with Gasteiger partial charge in [-0.05, 0) is 13.0 Å². The molecule has 0 aromatic rings. The van der Waals surface area contributed by atoms with Gasteiger partial charge in [0, 0.05) is 15.6 Å². The van der Waals surface area contributed by atoms with Gasteiger partial charge in [-0.1, -0.05) is 12.7 Å². The summed E-state index contributed by atoms with van der Waals surface area (Å²) >= 11 is 0. The van der Waals surface area contributed by atoms with Crippen molar-refractivity contribution in [2.75, 3.05) is 5.75 Å². The molecule has 1 atom stereocenters. The van der Waals surface area contributed by atoms with E-state index in [0.29, 0.717) is 5.75 Å². The Hall–Kier alpha value is 0.140. The highest BCUT2D eigenvalue weighted by atomic mass is 33.1. The minimum Gasteiger partial charge on any atom is -0.605 e. The van der Waals surface area contributed by atoms with Crippen LogP contribution in [0.15, 0.2) is 24.1 Å². The fourth-order valence-corrected chi connectivity index (χ4v) is 1.99. The lowest BCUT2D eigenvalue weighted by molar-refractivity contribution is 0.612. The minimum atomic E-state index is -0.808. The van der Waals surface area contributed by atoms with Crippen molar-refractivity contribution in [2.24, 2.45) is 0 Å². The Morgan fingerprint density at radius 1 is 1.78 bits per heavy atom. The summed E-state index contributed by atoms with van der Waals surface area (Å²) in [5.41, 5.74) is 0. The summed E-state index contributed by atoms with van der Waals surface area (Å²) < 4.78 is 10.8. The Labute approximate surface area is 62.8 Å². The Kier molecular flexibility index (Phi) is 6.36. The Bertz CT molecular complexity index is 101. The van der Waals surface area contributed by atoms with Crippen LogP contribution in [0.1, 0.15) is 6.92 Å². The van der Waals surface area contributed by atoms with Crippen molar-refractivity contribution in [1.29, 1.82) is 0 Å². The third-order valence-corrected chi connectivity index (χ3v) is 3.04. The molecule has 0 aliphatic rings. The second kappa shape index (κ2) is 6.26. The maximum atomic E-state index is 10.8. The summed E-state index contributed by atoms with van der Waals surface area (Å²) in [7, 11) is 0.513. The molecule has 0 radical (unpaired) electrons. The van der Waals surface area contributed by atoms with Gasteiger partial charge in [-0.2, -0.15) is 0 Å². The van der Waals surface area contributed by atoms with E-state index in [0.717, 1.165) is 0 Å². The lowest BCUT2D eigenvalue weighted by Crippen LogP contribution is -1.94. The van der Waals surface area contributed by atoms with Crippen molar-refractivity contribution in [3.05, 3.63) is 24.1 Å². The smallest absolute Gasteiger partial charge is 0.136 e. The molecule has 0 amide bonds. The standard InChI is InChI=1S/C6H10OS2/c1-3-5-8-9(7)6-4-2/h3-5H,2,6H2,1H3. The molecular formula is C6H10OS2. The summed E-state index contributed by atoms with van der Waals surface area (Å²) in [6, 6.07) is 0. The molecule has 0 heterocycles. The maximum Gasteiger partial charge on any atom is 0.136 e. The number of hydrogen-bond donors (Lipinski definition) is 0. The van der Waals surface area contributed by atoms with Crippen molar-refractivity contribution < 1.29 is 4.55 Å². The topological polar surface area (TPSA) is 23.1 Å². The monoisotopic (exact) mass is 162 g/mol. The lowest BCUT2D eigenvalue weighted by atomic mass is 10.8. The first-order chi connectivity index (χ1) is 4.31. The van der Waals surface area contributed by atoms with Gasteiger partial charge in [-0.25, -0.2) is 0 Å². The predicted molar refractivity (Wildman–Crippen MR) is 45.6 cm³/mol. The van der Waals surface area contributed by atoms with E-state index in [4.69, 9.17) is 0 Å². The van der Waals surface area contributed by atoms with Crippen LogP contribution < -0.4 is 0 Å². The van der Waals surface area contributed by atoms with E-state index in [1.54, 1.807) is 6.08 Å². The van der Waals surface area contributed by atoms with E-state index in [2.05, 4.69) is 6.58 Å². The van der Waals surface area contributed by atoms with Crippen LogP contribution in [-0.2, 0) is 10.2 Å². The fourth-order valence-electron chi connectivity index (χ4n) is 0.253. The molecular weight excluding hydrogens is 152 g/mol. The van der Waals surface area contributed by atoms with Crippen molar-refractivity contribution in [3.63, 3.8) is 0 Å². The first-order valence-corrected chi connectivity index (χ1v) is 5.30. The molecule has 1 nitrogen and oxygen atoms in total. The van der Waals surface area contributed by atoms with Gasteiger partial charge < -0.3 is 4.55 Å². The SMILES string of the molecule is C=CC[S+]([O-])SC=CC. The molecule has 0 spiro atoms. The predicted octanol–water partition coefficient (Wildman–Crippen LogP) is 2.10. The van der Waals surface area contributed by atoms with Crippen LogP contribution in [0.2, 0.25) is 0 Å². The number of rotatable bonds is 4. The van der Waals surface area contributed by atoms with Crippen LogP contribution >= 0.6 is 10.8 Å². The molecule has 1 unspecified atom stereocenters. The lowest BCUT2D eigenvalue weighted by Gasteiger charge is -2.00. The normalized spacial score (nSPS) is 14.0. The Morgan fingerprint density at radius 3 is 2.89 bits per heavy atom. The van der Waals surface area contributed by atoms with Gasteiger partial charge in [0.05, 0.1) is 0 Å². The molecule has 0 saturated heterocycles. The molecule has 0 fully saturated rings. The molecule has 0 saturated carbocycles. The first-order valence-electron chi connectivity index (χ1n) is 2.58. The van der Waals surface area contributed by atoms with Gasteiger partial charge in [0.1, 0.15) is 16.5 Å². The van der Waals surface area contributed by atoms with Gasteiger partial charge in [0.15, 0.2) is 0 Å². The van der Waals surface area contributed by atoms with Gasteiger partial charge in [0.25, 0.3) is 0 Å². The molecule has 0 aliphatic heterocycles. The highest BCUT2D eigenvalue weighted by Gasteiger charge is 1.99. The summed E-state index contributed by atoms with van der Waals surface area (Å²) in [6.45, 7) is 5.38. The summed E-state index contributed by atoms with van der Waals surface area (Å²) in [6.07, 6.45) is 3.53. The first kappa shape index (κ1) is 9.14. The molecule has 0 bridgehead atoms. The minimum absolute atomic E-state index is 0.564. The summed E-state index contributed by atoms with van der Waals surface area (Å²) in [4.78, 5) is 0. The van der Waals surface area contributed by atoms with E-state index in [1.807, 2.05) is 18.4 Å². The van der Waals surface area contributed by atoms with Crippen LogP contribution in [0, 0.1) is 0 Å². The van der Waals surface area contributed by atoms with Crippen LogP contribution in [0.5, 0.6) is 0 Å². The largest absolute Gasteiger partial charge is 0.605 e. The van der Waals surface area contributed by atoms with E-state index in [1.165, 1.54) is 10.8 Å². The zero-order valence-corrected chi connectivity index (χ0v) is 7.00. The van der Waals surface area contributed by atoms with Crippen molar-refractivity contribution in [3.8, 4) is 0 Å². The quantitative estimate of drug-likeness (QED) is 0.359. The Morgan fingerprint density at radius 2 is 2.44 bits per heavy atom. The van der Waals surface area contributed by atoms with Crippen molar-refractivity contribution in [1.82, 2.24) is 0 Å². The summed E-state index contributed by atoms with van der Waals surface area (Å²) in [5, 5.41) is 1.82. The second-order valence-corrected chi connectivity index (χ2v) is 4.42. The van der Waals surface area contributed by atoms with Crippen LogP contribution in [0.3, 0.4) is 0 Å². The molecule has 52 valence electrons. The Balaban J connectivity index is 3.25. The van der Waals surface area contributed by atoms with Gasteiger partial charge in [0.2, 0.25) is 0 Å². The van der Waals surface area contributed by atoms with Crippen molar-refractivity contribution >= 4 is 21.0 Å². The van der Waals surface area contributed by atoms with E-state index in [9.17, 15) is 4.55 Å². The highest BCUT2D eigenvalue weighted by Crippen LogP contribution is 2.13. The van der Waals surface area contributed by atoms with Gasteiger partial charge in [-0.15, -0.1) is 0 Å². The van der Waals surface area contributed by atoms with E-state index >= 15 is 0 Å². The van der Waals surface area contributed by atoms with Crippen LogP contribution in [0.4, 0.5) is 0 Å². The molecule has 0 aromatic carbocycles. The molecule has 9 heavy (non-hydrogen) atoms. The van der Waals surface area contributed by atoms with Crippen LogP contribution in [0.25, 0.3) is 0 Å². The third kappa shape index (κ3) is 6.02. The molecule has 3 heteroatoms. The average molecular weight is 162 g/mol. The van der Waals surface area contributed by atoms with E-state index in [-0.39, 0.29) is 0 Å². The van der Waals surface area contributed by atoms with Crippen LogP contribution in [-0.4, -0.2) is 10.3 Å². The third-order valence-electron chi connectivity index (χ3n) is 0.553.